The minimum atomic E-state index is 0.282. The second kappa shape index (κ2) is 6.29. The molecule has 0 radical (unpaired) electrons. The number of piperidine rings is 1. The maximum Gasteiger partial charge on any atom is 0.213 e. The Balaban J connectivity index is 1.59. The van der Waals surface area contributed by atoms with Gasteiger partial charge < -0.3 is 15.0 Å². The van der Waals surface area contributed by atoms with E-state index in [4.69, 9.17) is 16.3 Å². The molecule has 2 aliphatic rings. The number of nitrogens with zero attached hydrogens (tertiary/aromatic N) is 2. The minimum absolute atomic E-state index is 0.282. The molecule has 20 heavy (non-hydrogen) atoms. The monoisotopic (exact) mass is 295 g/mol. The van der Waals surface area contributed by atoms with E-state index in [-0.39, 0.29) is 6.10 Å². The highest BCUT2D eigenvalue weighted by Crippen LogP contribution is 2.23. The number of hydrogen-bond acceptors (Lipinski definition) is 4. The number of halogens is 1. The topological polar surface area (TPSA) is 37.4 Å². The van der Waals surface area contributed by atoms with Crippen LogP contribution in [0, 0.1) is 0 Å². The van der Waals surface area contributed by atoms with Crippen LogP contribution in [0.3, 0.4) is 0 Å². The number of pyridine rings is 1. The predicted octanol–water partition coefficient (Wildman–Crippen LogP) is 2.46. The Morgan fingerprint density at radius 2 is 2.05 bits per heavy atom. The molecular formula is C15H22ClN3O. The van der Waals surface area contributed by atoms with Gasteiger partial charge in [-0.2, -0.15) is 0 Å². The van der Waals surface area contributed by atoms with Gasteiger partial charge in [0.25, 0.3) is 0 Å². The number of likely N-dealkylation sites (tertiary alicyclic amines) is 1. The summed E-state index contributed by atoms with van der Waals surface area (Å²) in [7, 11) is 2.15. The van der Waals surface area contributed by atoms with Crippen molar-refractivity contribution in [1.82, 2.24) is 15.2 Å². The fraction of sp³-hybridized carbons (Fsp3) is 0.667. The van der Waals surface area contributed by atoms with Crippen molar-refractivity contribution in [2.24, 2.45) is 0 Å². The van der Waals surface area contributed by atoms with Crippen LogP contribution in [-0.2, 0) is 6.54 Å². The van der Waals surface area contributed by atoms with E-state index in [1.165, 1.54) is 12.8 Å². The van der Waals surface area contributed by atoms with E-state index in [0.29, 0.717) is 16.9 Å². The number of hydrogen-bond donors (Lipinski definition) is 1. The molecule has 0 amide bonds. The molecule has 5 heteroatoms. The van der Waals surface area contributed by atoms with Gasteiger partial charge in [0.1, 0.15) is 6.10 Å². The Morgan fingerprint density at radius 1 is 1.30 bits per heavy atom. The third kappa shape index (κ3) is 3.84. The maximum atomic E-state index is 6.20. The van der Waals surface area contributed by atoms with E-state index in [0.717, 1.165) is 38.2 Å². The van der Waals surface area contributed by atoms with Crippen molar-refractivity contribution in [3.63, 3.8) is 0 Å². The van der Waals surface area contributed by atoms with E-state index >= 15 is 0 Å². The molecule has 3 rings (SSSR count). The van der Waals surface area contributed by atoms with Gasteiger partial charge in [-0.25, -0.2) is 4.98 Å². The molecule has 0 atom stereocenters. The molecule has 110 valence electrons. The Morgan fingerprint density at radius 3 is 2.75 bits per heavy atom. The molecule has 0 spiro atoms. The molecule has 0 aromatic carbocycles. The summed E-state index contributed by atoms with van der Waals surface area (Å²) in [6.07, 6.45) is 4.95. The van der Waals surface area contributed by atoms with Gasteiger partial charge in [-0.05, 0) is 38.8 Å². The van der Waals surface area contributed by atoms with E-state index < -0.39 is 0 Å². The summed E-state index contributed by atoms with van der Waals surface area (Å²) in [6, 6.07) is 4.43. The Kier molecular flexibility index (Phi) is 4.44. The molecule has 1 aliphatic carbocycles. The second-order valence-electron chi connectivity index (χ2n) is 5.85. The van der Waals surface area contributed by atoms with Gasteiger partial charge in [0.15, 0.2) is 0 Å². The van der Waals surface area contributed by atoms with Crippen molar-refractivity contribution < 1.29 is 4.74 Å². The lowest BCUT2D eigenvalue weighted by molar-refractivity contribution is 0.110. The second-order valence-corrected chi connectivity index (χ2v) is 6.26. The van der Waals surface area contributed by atoms with Gasteiger partial charge in [0, 0.05) is 31.7 Å². The van der Waals surface area contributed by atoms with Gasteiger partial charge in [-0.3, -0.25) is 0 Å². The highest BCUT2D eigenvalue weighted by atomic mass is 35.5. The minimum Gasteiger partial charge on any atom is -0.474 e. The molecule has 1 N–H and O–H groups in total. The maximum absolute atomic E-state index is 6.20. The standard InChI is InChI=1S/C15H22ClN3O/c1-19-8-6-12(7-9-19)20-15-5-4-13(16)14(18-15)10-17-11-2-3-11/h4-5,11-12,17H,2-3,6-10H2,1H3. The first-order valence-corrected chi connectivity index (χ1v) is 7.82. The number of nitrogens with one attached hydrogen (secondary N) is 1. The summed E-state index contributed by atoms with van der Waals surface area (Å²) in [5, 5.41) is 4.16. The molecule has 1 saturated heterocycles. The molecule has 1 aromatic heterocycles. The molecule has 2 heterocycles. The third-order valence-electron chi connectivity index (χ3n) is 3.98. The van der Waals surface area contributed by atoms with E-state index in [2.05, 4.69) is 22.2 Å². The van der Waals surface area contributed by atoms with Crippen LogP contribution in [0.15, 0.2) is 12.1 Å². The van der Waals surface area contributed by atoms with Crippen LogP contribution in [0.25, 0.3) is 0 Å². The van der Waals surface area contributed by atoms with Crippen molar-refractivity contribution in [1.29, 1.82) is 0 Å². The predicted molar refractivity (Wildman–Crippen MR) is 80.3 cm³/mol. The van der Waals surface area contributed by atoms with Crippen molar-refractivity contribution in [2.75, 3.05) is 20.1 Å². The molecule has 0 unspecified atom stereocenters. The smallest absolute Gasteiger partial charge is 0.213 e. The normalized spacial score (nSPS) is 21.1. The Labute approximate surface area is 125 Å². The van der Waals surface area contributed by atoms with Crippen LogP contribution < -0.4 is 10.1 Å². The molecule has 0 bridgehead atoms. The molecule has 4 nitrogen and oxygen atoms in total. The zero-order valence-electron chi connectivity index (χ0n) is 11.9. The van der Waals surface area contributed by atoms with Crippen molar-refractivity contribution in [2.45, 2.75) is 44.4 Å². The highest BCUT2D eigenvalue weighted by molar-refractivity contribution is 6.31. The summed E-state index contributed by atoms with van der Waals surface area (Å²) in [5.74, 6) is 0.705. The van der Waals surface area contributed by atoms with Crippen molar-refractivity contribution in [3.05, 3.63) is 22.8 Å². The number of ether oxygens (including phenoxy) is 1. The first-order valence-electron chi connectivity index (χ1n) is 7.45. The summed E-state index contributed by atoms with van der Waals surface area (Å²) < 4.78 is 6.00. The van der Waals surface area contributed by atoms with Gasteiger partial charge in [-0.15, -0.1) is 0 Å². The quantitative estimate of drug-likeness (QED) is 0.905. The molecule has 1 saturated carbocycles. The molecular weight excluding hydrogens is 274 g/mol. The summed E-state index contributed by atoms with van der Waals surface area (Å²) in [5.41, 5.74) is 0.893. The Bertz CT molecular complexity index is 456. The fourth-order valence-electron chi connectivity index (χ4n) is 2.46. The SMILES string of the molecule is CN1CCC(Oc2ccc(Cl)c(CNC3CC3)n2)CC1. The van der Waals surface area contributed by atoms with Gasteiger partial charge in [-0.1, -0.05) is 11.6 Å². The lowest BCUT2D eigenvalue weighted by Crippen LogP contribution is -2.35. The summed E-state index contributed by atoms with van der Waals surface area (Å²) in [4.78, 5) is 6.89. The lowest BCUT2D eigenvalue weighted by Gasteiger charge is -2.29. The fourth-order valence-corrected chi connectivity index (χ4v) is 2.63. The number of rotatable bonds is 5. The summed E-state index contributed by atoms with van der Waals surface area (Å²) in [6.45, 7) is 2.91. The highest BCUT2D eigenvalue weighted by Gasteiger charge is 2.21. The average Bonchev–Trinajstić information content (AvgIpc) is 3.26. The van der Waals surface area contributed by atoms with Crippen molar-refractivity contribution >= 4 is 11.6 Å². The van der Waals surface area contributed by atoms with Crippen LogP contribution >= 0.6 is 11.6 Å². The Hall–Kier alpha value is -0.840. The van der Waals surface area contributed by atoms with E-state index in [1.54, 1.807) is 0 Å². The first-order chi connectivity index (χ1) is 9.70. The largest absolute Gasteiger partial charge is 0.474 e. The van der Waals surface area contributed by atoms with Gasteiger partial charge in [0.05, 0.1) is 10.7 Å². The van der Waals surface area contributed by atoms with Crippen LogP contribution in [0.4, 0.5) is 0 Å². The summed E-state index contributed by atoms with van der Waals surface area (Å²) >= 11 is 6.20. The zero-order chi connectivity index (χ0) is 13.9. The third-order valence-corrected chi connectivity index (χ3v) is 4.33. The van der Waals surface area contributed by atoms with E-state index in [1.807, 2.05) is 12.1 Å². The zero-order valence-corrected chi connectivity index (χ0v) is 12.7. The van der Waals surface area contributed by atoms with Crippen LogP contribution in [-0.4, -0.2) is 42.2 Å². The van der Waals surface area contributed by atoms with Gasteiger partial charge >= 0.3 is 0 Å². The molecule has 2 fully saturated rings. The van der Waals surface area contributed by atoms with Crippen LogP contribution in [0.5, 0.6) is 5.88 Å². The van der Waals surface area contributed by atoms with Crippen molar-refractivity contribution in [3.8, 4) is 5.88 Å². The van der Waals surface area contributed by atoms with Gasteiger partial charge in [0.2, 0.25) is 5.88 Å². The lowest BCUT2D eigenvalue weighted by atomic mass is 10.1. The number of aromatic nitrogens is 1. The van der Waals surface area contributed by atoms with Crippen LogP contribution in [0.2, 0.25) is 5.02 Å². The molecule has 1 aromatic rings. The molecule has 1 aliphatic heterocycles. The van der Waals surface area contributed by atoms with Crippen LogP contribution in [0.1, 0.15) is 31.4 Å². The van der Waals surface area contributed by atoms with E-state index in [9.17, 15) is 0 Å². The average molecular weight is 296 g/mol. The first kappa shape index (κ1) is 14.1.